The Hall–Kier alpha value is -3.68. The molecular weight excluding hydrogens is 464 g/mol. The van der Waals surface area contributed by atoms with E-state index in [1.807, 2.05) is 0 Å². The van der Waals surface area contributed by atoms with Crippen LogP contribution in [0.3, 0.4) is 0 Å². The van der Waals surface area contributed by atoms with Crippen LogP contribution in [0.4, 0.5) is 0 Å². The number of carbonyl (C=O) groups is 4. The maximum absolute atomic E-state index is 11.7. The molecule has 0 fully saturated rings. The minimum absolute atomic E-state index is 0.297. The Balaban J connectivity index is 1.35. The predicted molar refractivity (Wildman–Crippen MR) is 132 cm³/mol. The van der Waals surface area contributed by atoms with Crippen LogP contribution in [-0.2, 0) is 28.5 Å². The van der Waals surface area contributed by atoms with Crippen molar-refractivity contribution in [1.29, 1.82) is 0 Å². The average molecular weight is 499 g/mol. The molecular formula is C28H34O8. The van der Waals surface area contributed by atoms with Crippen molar-refractivity contribution in [1.82, 2.24) is 0 Å². The maximum Gasteiger partial charge on any atom is 0.340 e. The largest absolute Gasteiger partial charge is 0.428 e. The molecule has 2 rings (SSSR count). The summed E-state index contributed by atoms with van der Waals surface area (Å²) in [5.41, 5.74) is 0.825. The number of carbonyl (C=O) groups excluding carboxylic acids is 4. The van der Waals surface area contributed by atoms with Gasteiger partial charge in [0.25, 0.3) is 0 Å². The number of ether oxygens (including phenoxy) is 4. The molecule has 36 heavy (non-hydrogen) atoms. The Morgan fingerprint density at radius 3 is 1.14 bits per heavy atom. The first-order valence-electron chi connectivity index (χ1n) is 12.3. The molecule has 194 valence electrons. The molecule has 2 aromatic rings. The van der Waals surface area contributed by atoms with Crippen LogP contribution in [0.5, 0.6) is 0 Å². The second-order valence-electron chi connectivity index (χ2n) is 8.19. The van der Waals surface area contributed by atoms with Gasteiger partial charge >= 0.3 is 23.9 Å². The minimum Gasteiger partial charge on any atom is -0.428 e. The molecule has 0 atom stereocenters. The van der Waals surface area contributed by atoms with Crippen LogP contribution in [0.15, 0.2) is 60.7 Å². The van der Waals surface area contributed by atoms with Gasteiger partial charge in [0, 0.05) is 12.8 Å². The minimum atomic E-state index is -0.523. The van der Waals surface area contributed by atoms with Gasteiger partial charge in [0.2, 0.25) is 13.6 Å². The fourth-order valence-corrected chi connectivity index (χ4v) is 3.36. The highest BCUT2D eigenvalue weighted by Crippen LogP contribution is 2.11. The van der Waals surface area contributed by atoms with Crippen molar-refractivity contribution in [3.05, 3.63) is 71.8 Å². The molecule has 0 aliphatic rings. The summed E-state index contributed by atoms with van der Waals surface area (Å²) in [6, 6.07) is 17.1. The number of hydrogen-bond acceptors (Lipinski definition) is 8. The fraction of sp³-hybridized carbons (Fsp3) is 0.429. The van der Waals surface area contributed by atoms with Crippen molar-refractivity contribution in [2.75, 3.05) is 13.6 Å². The lowest BCUT2D eigenvalue weighted by molar-refractivity contribution is -0.153. The molecule has 0 heterocycles. The van der Waals surface area contributed by atoms with Gasteiger partial charge in [-0.3, -0.25) is 9.59 Å². The van der Waals surface area contributed by atoms with Gasteiger partial charge in [0.15, 0.2) is 0 Å². The van der Waals surface area contributed by atoms with Gasteiger partial charge in [-0.05, 0) is 37.1 Å². The summed E-state index contributed by atoms with van der Waals surface area (Å²) in [4.78, 5) is 46.9. The van der Waals surface area contributed by atoms with Crippen LogP contribution in [-0.4, -0.2) is 37.5 Å². The van der Waals surface area contributed by atoms with Gasteiger partial charge in [-0.2, -0.15) is 0 Å². The molecule has 0 saturated heterocycles. The van der Waals surface area contributed by atoms with Crippen molar-refractivity contribution in [3.63, 3.8) is 0 Å². The summed E-state index contributed by atoms with van der Waals surface area (Å²) in [6.45, 7) is -0.752. The van der Waals surface area contributed by atoms with E-state index in [4.69, 9.17) is 18.9 Å². The summed E-state index contributed by atoms with van der Waals surface area (Å²) in [6.07, 6.45) is 8.05. The third-order valence-corrected chi connectivity index (χ3v) is 5.35. The van der Waals surface area contributed by atoms with Crippen LogP contribution >= 0.6 is 0 Å². The number of benzene rings is 2. The van der Waals surface area contributed by atoms with Crippen molar-refractivity contribution < 1.29 is 38.1 Å². The van der Waals surface area contributed by atoms with E-state index in [0.717, 1.165) is 51.4 Å². The van der Waals surface area contributed by atoms with Crippen molar-refractivity contribution in [2.45, 2.75) is 64.2 Å². The molecule has 0 aliphatic carbocycles. The van der Waals surface area contributed by atoms with Crippen molar-refractivity contribution >= 4 is 23.9 Å². The molecule has 0 N–H and O–H groups in total. The fourth-order valence-electron chi connectivity index (χ4n) is 3.36. The molecule has 2 aromatic carbocycles. The zero-order valence-electron chi connectivity index (χ0n) is 20.5. The SMILES string of the molecule is O=C(CCCCCCCCCCC(=O)OCOC(=O)c1ccccc1)OCOC(=O)c1ccccc1. The Morgan fingerprint density at radius 1 is 0.444 bits per heavy atom. The molecule has 0 amide bonds. The highest BCUT2D eigenvalue weighted by Gasteiger charge is 2.09. The molecule has 0 aromatic heterocycles. The predicted octanol–water partition coefficient (Wildman–Crippen LogP) is 5.60. The molecule has 0 spiro atoms. The van der Waals surface area contributed by atoms with E-state index in [2.05, 4.69) is 0 Å². The smallest absolute Gasteiger partial charge is 0.340 e. The van der Waals surface area contributed by atoms with E-state index < -0.39 is 11.9 Å². The Labute approximate surface area is 211 Å². The molecule has 0 saturated carbocycles. The van der Waals surface area contributed by atoms with E-state index in [1.54, 1.807) is 60.7 Å². The van der Waals surface area contributed by atoms with Crippen LogP contribution in [0.25, 0.3) is 0 Å². The van der Waals surface area contributed by atoms with Crippen LogP contribution in [0, 0.1) is 0 Å². The van der Waals surface area contributed by atoms with Gasteiger partial charge in [-0.15, -0.1) is 0 Å². The zero-order valence-corrected chi connectivity index (χ0v) is 20.5. The molecule has 0 aliphatic heterocycles. The molecule has 8 heteroatoms. The first-order chi connectivity index (χ1) is 17.6. The van der Waals surface area contributed by atoms with E-state index in [0.29, 0.717) is 24.0 Å². The van der Waals surface area contributed by atoms with Crippen LogP contribution in [0.1, 0.15) is 84.9 Å². The Morgan fingerprint density at radius 2 is 0.778 bits per heavy atom. The van der Waals surface area contributed by atoms with Crippen molar-refractivity contribution in [3.8, 4) is 0 Å². The summed E-state index contributed by atoms with van der Waals surface area (Å²) in [5.74, 6) is -1.80. The second-order valence-corrected chi connectivity index (χ2v) is 8.19. The summed E-state index contributed by atoms with van der Waals surface area (Å²) in [5, 5.41) is 0. The first kappa shape index (κ1) is 28.6. The number of hydrogen-bond donors (Lipinski definition) is 0. The highest BCUT2D eigenvalue weighted by molar-refractivity contribution is 5.89. The van der Waals surface area contributed by atoms with Gasteiger partial charge in [0.1, 0.15) is 0 Å². The standard InChI is InChI=1S/C28H34O8/c29-25(33-21-35-27(31)23-15-9-7-10-16-23)19-13-5-3-1-2-4-6-14-20-26(30)34-22-36-28(32)24-17-11-8-12-18-24/h7-12,15-18H,1-6,13-14,19-22H2. The maximum atomic E-state index is 11.7. The highest BCUT2D eigenvalue weighted by atomic mass is 16.7. The van der Waals surface area contributed by atoms with E-state index in [1.165, 1.54) is 0 Å². The van der Waals surface area contributed by atoms with E-state index >= 15 is 0 Å². The summed E-state index contributed by atoms with van der Waals surface area (Å²) >= 11 is 0. The lowest BCUT2D eigenvalue weighted by Crippen LogP contribution is -2.12. The van der Waals surface area contributed by atoms with Gasteiger partial charge in [0.05, 0.1) is 11.1 Å². The zero-order chi connectivity index (χ0) is 25.8. The normalized spacial score (nSPS) is 10.3. The summed E-state index contributed by atoms with van der Waals surface area (Å²) in [7, 11) is 0. The van der Waals surface area contributed by atoms with Crippen LogP contribution < -0.4 is 0 Å². The Kier molecular flexibility index (Phi) is 14.0. The lowest BCUT2D eigenvalue weighted by atomic mass is 10.1. The topological polar surface area (TPSA) is 105 Å². The Bertz CT molecular complexity index is 850. The van der Waals surface area contributed by atoms with Crippen molar-refractivity contribution in [2.24, 2.45) is 0 Å². The number of esters is 4. The third-order valence-electron chi connectivity index (χ3n) is 5.35. The quantitative estimate of drug-likeness (QED) is 0.158. The second kappa shape index (κ2) is 17.7. The monoisotopic (exact) mass is 498 g/mol. The third kappa shape index (κ3) is 12.7. The number of rotatable bonds is 17. The number of unbranched alkanes of at least 4 members (excludes halogenated alkanes) is 7. The van der Waals surface area contributed by atoms with E-state index in [9.17, 15) is 19.2 Å². The molecule has 0 unspecified atom stereocenters. The average Bonchev–Trinajstić information content (AvgIpc) is 2.90. The van der Waals surface area contributed by atoms with Gasteiger partial charge in [-0.25, -0.2) is 9.59 Å². The molecule has 0 radical (unpaired) electrons. The first-order valence-corrected chi connectivity index (χ1v) is 12.3. The van der Waals surface area contributed by atoms with E-state index in [-0.39, 0.29) is 25.5 Å². The molecule has 0 bridgehead atoms. The summed E-state index contributed by atoms with van der Waals surface area (Å²) < 4.78 is 19.7. The van der Waals surface area contributed by atoms with Crippen LogP contribution in [0.2, 0.25) is 0 Å². The lowest BCUT2D eigenvalue weighted by Gasteiger charge is -2.07. The molecule has 8 nitrogen and oxygen atoms in total. The van der Waals surface area contributed by atoms with Gasteiger partial charge < -0.3 is 18.9 Å². The van der Waals surface area contributed by atoms with Gasteiger partial charge in [-0.1, -0.05) is 74.9 Å².